The molecular weight excluding hydrogens is 255 g/mol. The Kier molecular flexibility index (Phi) is 5.35. The first-order valence-corrected chi connectivity index (χ1v) is 6.11. The van der Waals surface area contributed by atoms with Gasteiger partial charge in [-0.15, -0.1) is 0 Å². The summed E-state index contributed by atoms with van der Waals surface area (Å²) in [5.41, 5.74) is 4.78. The smallest absolute Gasteiger partial charge is 0.384 e. The van der Waals surface area contributed by atoms with Crippen molar-refractivity contribution < 1.29 is 13.2 Å². The fourth-order valence-corrected chi connectivity index (χ4v) is 1.71. The molecule has 0 aromatic heterocycles. The SMILES string of the molecule is CCCCNCc1ccc(C(F)(F)F)c(C(=N)N)c1. The van der Waals surface area contributed by atoms with E-state index < -0.39 is 17.6 Å². The predicted molar refractivity (Wildman–Crippen MR) is 69.1 cm³/mol. The molecule has 0 radical (unpaired) electrons. The minimum absolute atomic E-state index is 0.262. The van der Waals surface area contributed by atoms with Crippen LogP contribution < -0.4 is 11.1 Å². The number of rotatable bonds is 6. The largest absolute Gasteiger partial charge is 0.417 e. The Morgan fingerprint density at radius 2 is 2.05 bits per heavy atom. The summed E-state index contributed by atoms with van der Waals surface area (Å²) in [7, 11) is 0. The van der Waals surface area contributed by atoms with Gasteiger partial charge in [0.1, 0.15) is 5.84 Å². The van der Waals surface area contributed by atoms with Gasteiger partial charge in [0.2, 0.25) is 0 Å². The number of hydrogen-bond acceptors (Lipinski definition) is 2. The number of unbranched alkanes of at least 4 members (excludes halogenated alkanes) is 1. The Hall–Kier alpha value is -1.56. The summed E-state index contributed by atoms with van der Waals surface area (Å²) in [6.45, 7) is 3.35. The lowest BCUT2D eigenvalue weighted by Crippen LogP contribution is -2.20. The van der Waals surface area contributed by atoms with Gasteiger partial charge in [0.25, 0.3) is 0 Å². The molecule has 0 saturated carbocycles. The van der Waals surface area contributed by atoms with E-state index >= 15 is 0 Å². The van der Waals surface area contributed by atoms with Crippen molar-refractivity contribution in [3.05, 3.63) is 34.9 Å². The highest BCUT2D eigenvalue weighted by Gasteiger charge is 2.33. The third-order valence-electron chi connectivity index (χ3n) is 2.72. The minimum Gasteiger partial charge on any atom is -0.384 e. The van der Waals surface area contributed by atoms with Crippen LogP contribution in [0.5, 0.6) is 0 Å². The van der Waals surface area contributed by atoms with Crippen LogP contribution in [-0.4, -0.2) is 12.4 Å². The van der Waals surface area contributed by atoms with Gasteiger partial charge in [-0.3, -0.25) is 5.41 Å². The Labute approximate surface area is 110 Å². The summed E-state index contributed by atoms with van der Waals surface area (Å²) in [5.74, 6) is -0.567. The molecule has 1 rings (SSSR count). The van der Waals surface area contributed by atoms with E-state index in [1.807, 2.05) is 0 Å². The van der Waals surface area contributed by atoms with Crippen molar-refractivity contribution in [3.63, 3.8) is 0 Å². The molecule has 1 aromatic rings. The Morgan fingerprint density at radius 1 is 1.37 bits per heavy atom. The summed E-state index contributed by atoms with van der Waals surface area (Å²) in [6, 6.07) is 3.71. The van der Waals surface area contributed by atoms with Crippen LogP contribution in [0.1, 0.15) is 36.5 Å². The second-order valence-corrected chi connectivity index (χ2v) is 4.32. The van der Waals surface area contributed by atoms with Crippen molar-refractivity contribution >= 4 is 5.84 Å². The third kappa shape index (κ3) is 4.55. The molecule has 6 heteroatoms. The van der Waals surface area contributed by atoms with Crippen LogP contribution in [0.2, 0.25) is 0 Å². The number of halogens is 3. The Bertz CT molecular complexity index is 441. The molecule has 4 N–H and O–H groups in total. The molecule has 0 aliphatic rings. The fraction of sp³-hybridized carbons (Fsp3) is 0.462. The number of benzene rings is 1. The molecule has 0 amide bonds. The summed E-state index contributed by atoms with van der Waals surface area (Å²) in [6.07, 6.45) is -2.42. The zero-order valence-corrected chi connectivity index (χ0v) is 10.8. The van der Waals surface area contributed by atoms with Crippen molar-refractivity contribution in [1.82, 2.24) is 5.32 Å². The van der Waals surface area contributed by atoms with Crippen LogP contribution in [-0.2, 0) is 12.7 Å². The third-order valence-corrected chi connectivity index (χ3v) is 2.72. The van der Waals surface area contributed by atoms with Gasteiger partial charge in [0, 0.05) is 12.1 Å². The van der Waals surface area contributed by atoms with E-state index in [0.29, 0.717) is 12.1 Å². The predicted octanol–water partition coefficient (Wildman–Crippen LogP) is 2.88. The van der Waals surface area contributed by atoms with E-state index in [1.165, 1.54) is 12.1 Å². The van der Waals surface area contributed by atoms with E-state index in [4.69, 9.17) is 11.1 Å². The maximum Gasteiger partial charge on any atom is 0.417 e. The molecule has 0 saturated heterocycles. The molecule has 106 valence electrons. The molecule has 0 atom stereocenters. The number of hydrogen-bond donors (Lipinski definition) is 3. The fourth-order valence-electron chi connectivity index (χ4n) is 1.71. The highest BCUT2D eigenvalue weighted by atomic mass is 19.4. The van der Waals surface area contributed by atoms with E-state index in [9.17, 15) is 13.2 Å². The second kappa shape index (κ2) is 6.56. The highest BCUT2D eigenvalue weighted by molar-refractivity contribution is 5.96. The maximum atomic E-state index is 12.7. The van der Waals surface area contributed by atoms with Crippen molar-refractivity contribution in [2.75, 3.05) is 6.54 Å². The zero-order chi connectivity index (χ0) is 14.5. The van der Waals surface area contributed by atoms with Crippen molar-refractivity contribution in [3.8, 4) is 0 Å². The topological polar surface area (TPSA) is 61.9 Å². The lowest BCUT2D eigenvalue weighted by atomic mass is 10.0. The van der Waals surface area contributed by atoms with Crippen molar-refractivity contribution in [2.45, 2.75) is 32.5 Å². The summed E-state index contributed by atoms with van der Waals surface area (Å²) in [5, 5.41) is 10.4. The summed E-state index contributed by atoms with van der Waals surface area (Å²) >= 11 is 0. The van der Waals surface area contributed by atoms with Crippen molar-refractivity contribution in [2.24, 2.45) is 5.73 Å². The molecule has 19 heavy (non-hydrogen) atoms. The Morgan fingerprint density at radius 3 is 2.58 bits per heavy atom. The average Bonchev–Trinajstić information content (AvgIpc) is 2.33. The van der Waals surface area contributed by atoms with Crippen LogP contribution in [0.3, 0.4) is 0 Å². The molecule has 0 fully saturated rings. The van der Waals surface area contributed by atoms with Gasteiger partial charge in [-0.25, -0.2) is 0 Å². The van der Waals surface area contributed by atoms with Gasteiger partial charge >= 0.3 is 6.18 Å². The van der Waals surface area contributed by atoms with Gasteiger partial charge in [0.15, 0.2) is 0 Å². The van der Waals surface area contributed by atoms with Gasteiger partial charge in [0.05, 0.1) is 5.56 Å². The molecule has 0 spiro atoms. The van der Waals surface area contributed by atoms with Gasteiger partial charge < -0.3 is 11.1 Å². The maximum absolute atomic E-state index is 12.7. The molecule has 3 nitrogen and oxygen atoms in total. The number of nitrogens with one attached hydrogen (secondary N) is 2. The molecule has 0 heterocycles. The minimum atomic E-state index is -4.49. The molecule has 1 aromatic carbocycles. The number of nitrogen functional groups attached to an aromatic ring is 1. The molecular formula is C13H18F3N3. The van der Waals surface area contributed by atoms with Gasteiger partial charge in [-0.05, 0) is 30.7 Å². The summed E-state index contributed by atoms with van der Waals surface area (Å²) in [4.78, 5) is 0. The van der Waals surface area contributed by atoms with E-state index in [1.54, 1.807) is 0 Å². The van der Waals surface area contributed by atoms with Crippen LogP contribution in [0.15, 0.2) is 18.2 Å². The molecule has 0 bridgehead atoms. The second-order valence-electron chi connectivity index (χ2n) is 4.32. The van der Waals surface area contributed by atoms with Crippen molar-refractivity contribution in [1.29, 1.82) is 5.41 Å². The normalized spacial score (nSPS) is 11.6. The van der Waals surface area contributed by atoms with E-state index in [0.717, 1.165) is 25.5 Å². The zero-order valence-electron chi connectivity index (χ0n) is 10.8. The monoisotopic (exact) mass is 273 g/mol. The lowest BCUT2D eigenvalue weighted by molar-refractivity contribution is -0.137. The number of alkyl halides is 3. The first kappa shape index (κ1) is 15.5. The van der Waals surface area contributed by atoms with E-state index in [2.05, 4.69) is 12.2 Å². The molecule has 0 aliphatic carbocycles. The highest BCUT2D eigenvalue weighted by Crippen LogP contribution is 2.32. The molecule has 0 aliphatic heterocycles. The Balaban J connectivity index is 2.88. The summed E-state index contributed by atoms with van der Waals surface area (Å²) < 4.78 is 38.2. The van der Waals surface area contributed by atoms with Crippen LogP contribution >= 0.6 is 0 Å². The first-order chi connectivity index (χ1) is 8.86. The van der Waals surface area contributed by atoms with Crippen LogP contribution in [0.25, 0.3) is 0 Å². The van der Waals surface area contributed by atoms with Gasteiger partial charge in [-0.2, -0.15) is 13.2 Å². The standard InChI is InChI=1S/C13H18F3N3/c1-2-3-6-19-8-9-4-5-11(13(14,15)16)10(7-9)12(17)18/h4-5,7,19H,2-3,6,8H2,1H3,(H3,17,18). The number of amidine groups is 1. The van der Waals surface area contributed by atoms with Crippen LogP contribution in [0, 0.1) is 5.41 Å². The first-order valence-electron chi connectivity index (χ1n) is 6.11. The van der Waals surface area contributed by atoms with E-state index in [-0.39, 0.29) is 5.56 Å². The molecule has 0 unspecified atom stereocenters. The quantitative estimate of drug-likeness (QED) is 0.424. The van der Waals surface area contributed by atoms with Gasteiger partial charge in [-0.1, -0.05) is 19.4 Å². The lowest BCUT2D eigenvalue weighted by Gasteiger charge is -2.13. The average molecular weight is 273 g/mol. The number of nitrogens with two attached hydrogens (primary N) is 1. The van der Waals surface area contributed by atoms with Crippen LogP contribution in [0.4, 0.5) is 13.2 Å².